The van der Waals surface area contributed by atoms with Crippen LogP contribution in [0.3, 0.4) is 0 Å². The van der Waals surface area contributed by atoms with E-state index in [4.69, 9.17) is 4.74 Å². The van der Waals surface area contributed by atoms with Crippen LogP contribution in [0.25, 0.3) is 0 Å². The second-order valence-corrected chi connectivity index (χ2v) is 9.28. The third kappa shape index (κ3) is 7.61. The van der Waals surface area contributed by atoms with Crippen LogP contribution in [0.2, 0.25) is 0 Å². The molecule has 1 aliphatic carbocycles. The topological polar surface area (TPSA) is 126 Å². The van der Waals surface area contributed by atoms with Gasteiger partial charge in [-0.05, 0) is 73.4 Å². The number of nitrogens with one attached hydrogen (secondary N) is 3. The zero-order chi connectivity index (χ0) is 27.6. The van der Waals surface area contributed by atoms with E-state index in [1.807, 2.05) is 19.1 Å². The summed E-state index contributed by atoms with van der Waals surface area (Å²) in [5.74, 6) is -2.33. The Morgan fingerprint density at radius 1 is 0.821 bits per heavy atom. The number of aryl methyl sites for hydroxylation is 1. The predicted octanol–water partition coefficient (Wildman–Crippen LogP) is 4.37. The summed E-state index contributed by atoms with van der Waals surface area (Å²) in [5.41, 5.74) is 4.61. The molecule has 0 unspecified atom stereocenters. The highest BCUT2D eigenvalue weighted by Gasteiger charge is 2.21. The molecule has 9 heteroatoms. The van der Waals surface area contributed by atoms with Crippen molar-refractivity contribution in [3.05, 3.63) is 95.1 Å². The number of ether oxygens (including phenoxy) is 1. The van der Waals surface area contributed by atoms with Crippen molar-refractivity contribution >= 4 is 35.6 Å². The fraction of sp³-hybridized carbons (Fsp3) is 0.233. The van der Waals surface area contributed by atoms with E-state index < -0.39 is 17.8 Å². The van der Waals surface area contributed by atoms with Crippen LogP contribution in [-0.4, -0.2) is 35.9 Å². The summed E-state index contributed by atoms with van der Waals surface area (Å²) in [7, 11) is 0. The fourth-order valence-electron chi connectivity index (χ4n) is 4.28. The highest BCUT2D eigenvalue weighted by molar-refractivity contribution is 6.40. The number of carbonyl (C=O) groups is 4. The van der Waals surface area contributed by atoms with E-state index in [1.54, 1.807) is 60.7 Å². The van der Waals surface area contributed by atoms with Gasteiger partial charge < -0.3 is 15.4 Å². The summed E-state index contributed by atoms with van der Waals surface area (Å²) >= 11 is 0. The molecule has 3 aromatic rings. The van der Waals surface area contributed by atoms with Crippen molar-refractivity contribution in [2.24, 2.45) is 5.10 Å². The van der Waals surface area contributed by atoms with E-state index in [0.29, 0.717) is 16.9 Å². The lowest BCUT2D eigenvalue weighted by molar-refractivity contribution is -0.136. The molecule has 0 aliphatic heterocycles. The molecule has 3 N–H and O–H groups in total. The van der Waals surface area contributed by atoms with Gasteiger partial charge in [0.15, 0.2) is 0 Å². The third-order valence-electron chi connectivity index (χ3n) is 6.40. The first kappa shape index (κ1) is 27.3. The van der Waals surface area contributed by atoms with Gasteiger partial charge in [-0.3, -0.25) is 14.4 Å². The summed E-state index contributed by atoms with van der Waals surface area (Å²) in [5, 5.41) is 9.32. The average molecular weight is 527 g/mol. The van der Waals surface area contributed by atoms with Crippen LogP contribution in [0, 0.1) is 6.92 Å². The maximum atomic E-state index is 12.8. The molecule has 200 valence electrons. The highest BCUT2D eigenvalue weighted by atomic mass is 16.5. The van der Waals surface area contributed by atoms with Crippen molar-refractivity contribution in [2.75, 3.05) is 5.32 Å². The van der Waals surface area contributed by atoms with Crippen LogP contribution < -0.4 is 20.8 Å². The highest BCUT2D eigenvalue weighted by Crippen LogP contribution is 2.20. The monoisotopic (exact) mass is 526 g/mol. The summed E-state index contributed by atoms with van der Waals surface area (Å²) in [6.07, 6.45) is 6.55. The molecular weight excluding hydrogens is 496 g/mol. The Hall–Kier alpha value is -4.79. The number of hydrogen-bond donors (Lipinski definition) is 3. The minimum absolute atomic E-state index is 0.113. The molecule has 1 aliphatic rings. The van der Waals surface area contributed by atoms with Crippen molar-refractivity contribution in [2.45, 2.75) is 45.1 Å². The van der Waals surface area contributed by atoms with Gasteiger partial charge in [-0.2, -0.15) is 5.10 Å². The Morgan fingerprint density at radius 2 is 1.49 bits per heavy atom. The van der Waals surface area contributed by atoms with Crippen LogP contribution in [0.1, 0.15) is 63.9 Å². The molecule has 9 nitrogen and oxygen atoms in total. The maximum absolute atomic E-state index is 12.8. The molecule has 3 aromatic carbocycles. The molecule has 0 saturated heterocycles. The number of para-hydroxylation sites is 1. The molecule has 1 fully saturated rings. The lowest BCUT2D eigenvalue weighted by Gasteiger charge is -2.23. The number of anilines is 1. The zero-order valence-electron chi connectivity index (χ0n) is 21.6. The molecule has 39 heavy (non-hydrogen) atoms. The lowest BCUT2D eigenvalue weighted by atomic mass is 9.95. The number of benzene rings is 3. The van der Waals surface area contributed by atoms with Gasteiger partial charge in [0.2, 0.25) is 0 Å². The number of hydrazone groups is 1. The van der Waals surface area contributed by atoms with E-state index in [-0.39, 0.29) is 23.2 Å². The second-order valence-electron chi connectivity index (χ2n) is 9.28. The molecule has 0 spiro atoms. The predicted molar refractivity (Wildman–Crippen MR) is 148 cm³/mol. The number of nitrogens with zero attached hydrogens (tertiary/aromatic N) is 1. The smallest absolute Gasteiger partial charge is 0.343 e. The third-order valence-corrected chi connectivity index (χ3v) is 6.40. The number of rotatable bonds is 7. The van der Waals surface area contributed by atoms with Gasteiger partial charge in [-0.15, -0.1) is 0 Å². The molecule has 3 amide bonds. The second kappa shape index (κ2) is 13.1. The Kier molecular flexibility index (Phi) is 9.18. The van der Waals surface area contributed by atoms with Crippen LogP contribution >= 0.6 is 0 Å². The van der Waals surface area contributed by atoms with Crippen molar-refractivity contribution in [3.63, 3.8) is 0 Å². The summed E-state index contributed by atoms with van der Waals surface area (Å²) in [6, 6.07) is 20.3. The first-order valence-electron chi connectivity index (χ1n) is 12.8. The van der Waals surface area contributed by atoms with E-state index in [0.717, 1.165) is 31.2 Å². The number of esters is 1. The Bertz CT molecular complexity index is 1380. The van der Waals surface area contributed by atoms with Gasteiger partial charge in [0.05, 0.1) is 23.0 Å². The van der Waals surface area contributed by atoms with Gasteiger partial charge in [0.25, 0.3) is 5.91 Å². The SMILES string of the molecule is Cc1ccccc1C(=O)Oc1ccc(/C=N\NC(=O)C(=O)Nc2ccccc2C(=O)NC2CCCCC2)cc1. The maximum Gasteiger partial charge on any atom is 0.343 e. The average Bonchev–Trinajstić information content (AvgIpc) is 2.95. The molecule has 0 bridgehead atoms. The van der Waals surface area contributed by atoms with Crippen molar-refractivity contribution in [1.82, 2.24) is 10.7 Å². The lowest BCUT2D eigenvalue weighted by Crippen LogP contribution is -2.37. The van der Waals surface area contributed by atoms with Crippen molar-refractivity contribution < 1.29 is 23.9 Å². The first-order valence-corrected chi connectivity index (χ1v) is 12.8. The summed E-state index contributed by atoms with van der Waals surface area (Å²) in [6.45, 7) is 1.83. The standard InChI is InChI=1S/C30H30N4O5/c1-20-9-5-6-12-24(20)30(38)39-23-17-15-21(16-18-23)19-31-34-29(37)28(36)33-26-14-8-7-13-25(26)27(35)32-22-10-3-2-4-11-22/h5-9,12-19,22H,2-4,10-11H2,1H3,(H,32,35)(H,33,36)(H,34,37)/b31-19-. The number of amides is 3. The van der Waals surface area contributed by atoms with E-state index in [1.165, 1.54) is 12.6 Å². The summed E-state index contributed by atoms with van der Waals surface area (Å²) in [4.78, 5) is 49.8. The zero-order valence-corrected chi connectivity index (χ0v) is 21.6. The molecule has 0 radical (unpaired) electrons. The quantitative estimate of drug-likeness (QED) is 0.139. The van der Waals surface area contributed by atoms with Crippen LogP contribution in [0.4, 0.5) is 5.69 Å². The molecule has 0 heterocycles. The molecule has 0 atom stereocenters. The van der Waals surface area contributed by atoms with E-state index in [9.17, 15) is 19.2 Å². The number of hydrogen-bond acceptors (Lipinski definition) is 6. The van der Waals surface area contributed by atoms with Crippen molar-refractivity contribution in [1.29, 1.82) is 0 Å². The minimum atomic E-state index is -0.988. The van der Waals surface area contributed by atoms with Gasteiger partial charge >= 0.3 is 17.8 Å². The fourth-order valence-corrected chi connectivity index (χ4v) is 4.28. The van der Waals surface area contributed by atoms with Gasteiger partial charge in [0.1, 0.15) is 5.75 Å². The molecule has 1 saturated carbocycles. The van der Waals surface area contributed by atoms with Crippen LogP contribution in [0.15, 0.2) is 77.9 Å². The Morgan fingerprint density at radius 3 is 2.21 bits per heavy atom. The largest absolute Gasteiger partial charge is 0.423 e. The number of carbonyl (C=O) groups excluding carboxylic acids is 4. The van der Waals surface area contributed by atoms with E-state index in [2.05, 4.69) is 21.2 Å². The van der Waals surface area contributed by atoms with E-state index >= 15 is 0 Å². The molecule has 4 rings (SSSR count). The summed E-state index contributed by atoms with van der Waals surface area (Å²) < 4.78 is 5.40. The molecule has 0 aromatic heterocycles. The Labute approximate surface area is 226 Å². The van der Waals surface area contributed by atoms with Crippen molar-refractivity contribution in [3.8, 4) is 5.75 Å². The van der Waals surface area contributed by atoms with Gasteiger partial charge in [-0.25, -0.2) is 10.2 Å². The van der Waals surface area contributed by atoms with Crippen LogP contribution in [0.5, 0.6) is 5.75 Å². The Balaban J connectivity index is 1.29. The van der Waals surface area contributed by atoms with Gasteiger partial charge in [-0.1, -0.05) is 49.6 Å². The normalized spacial score (nSPS) is 13.5. The van der Waals surface area contributed by atoms with Gasteiger partial charge in [0, 0.05) is 6.04 Å². The van der Waals surface area contributed by atoms with Crippen LogP contribution in [-0.2, 0) is 9.59 Å². The minimum Gasteiger partial charge on any atom is -0.423 e. The molecular formula is C30H30N4O5. The first-order chi connectivity index (χ1) is 18.9.